The number of sulfone groups is 1. The Morgan fingerprint density at radius 3 is 2.91 bits per heavy atom. The quantitative estimate of drug-likeness (QED) is 0.846. The van der Waals surface area contributed by atoms with Gasteiger partial charge in [0.25, 0.3) is 0 Å². The van der Waals surface area contributed by atoms with Gasteiger partial charge in [0.15, 0.2) is 0 Å². The highest BCUT2D eigenvalue weighted by molar-refractivity contribution is 7.90. The molecule has 2 unspecified atom stereocenters. The molecule has 0 saturated carbocycles. The zero-order valence-electron chi connectivity index (χ0n) is 12.5. The summed E-state index contributed by atoms with van der Waals surface area (Å²) in [6.45, 7) is 0. The van der Waals surface area contributed by atoms with Gasteiger partial charge >= 0.3 is 0 Å². The number of fused-ring (bicyclic) bond motifs is 1. The third kappa shape index (κ3) is 4.51. The molecule has 3 N–H and O–H groups in total. The fourth-order valence-corrected chi connectivity index (χ4v) is 3.37. The molecular weight excluding hydrogens is 307 g/mol. The molecular formula is C15H21FN2O3S. The van der Waals surface area contributed by atoms with Crippen LogP contribution >= 0.6 is 0 Å². The van der Waals surface area contributed by atoms with Crippen molar-refractivity contribution < 1.29 is 17.6 Å². The molecule has 1 amide bonds. The summed E-state index contributed by atoms with van der Waals surface area (Å²) >= 11 is 0. The molecule has 22 heavy (non-hydrogen) atoms. The van der Waals surface area contributed by atoms with E-state index in [0.29, 0.717) is 0 Å². The van der Waals surface area contributed by atoms with E-state index in [1.165, 1.54) is 12.1 Å². The normalized spacial score (nSPS) is 19.3. The Kier molecular flexibility index (Phi) is 5.18. The molecule has 7 heteroatoms. The zero-order chi connectivity index (χ0) is 16.3. The van der Waals surface area contributed by atoms with Crippen molar-refractivity contribution in [1.29, 1.82) is 0 Å². The van der Waals surface area contributed by atoms with Crippen LogP contribution in [0.1, 0.15) is 36.4 Å². The minimum atomic E-state index is -3.14. The van der Waals surface area contributed by atoms with E-state index in [1.54, 1.807) is 6.07 Å². The van der Waals surface area contributed by atoms with Gasteiger partial charge in [0.2, 0.25) is 5.91 Å². The van der Waals surface area contributed by atoms with E-state index < -0.39 is 15.9 Å². The lowest BCUT2D eigenvalue weighted by Crippen LogP contribution is -2.43. The molecule has 2 rings (SSSR count). The van der Waals surface area contributed by atoms with E-state index in [1.807, 2.05) is 0 Å². The molecule has 0 radical (unpaired) electrons. The van der Waals surface area contributed by atoms with Gasteiger partial charge in [0.05, 0.1) is 17.8 Å². The Morgan fingerprint density at radius 2 is 2.23 bits per heavy atom. The second-order valence-electron chi connectivity index (χ2n) is 5.82. The number of amides is 1. The highest BCUT2D eigenvalue weighted by atomic mass is 32.2. The van der Waals surface area contributed by atoms with Crippen LogP contribution in [0, 0.1) is 5.82 Å². The number of nitrogens with two attached hydrogens (primary N) is 1. The Labute approximate surface area is 130 Å². The fourth-order valence-electron chi connectivity index (χ4n) is 2.68. The number of rotatable bonds is 5. The van der Waals surface area contributed by atoms with E-state index in [4.69, 9.17) is 5.73 Å². The fraction of sp³-hybridized carbons (Fsp3) is 0.533. The summed E-state index contributed by atoms with van der Waals surface area (Å²) in [6, 6.07) is 3.52. The van der Waals surface area contributed by atoms with Gasteiger partial charge < -0.3 is 11.1 Å². The zero-order valence-corrected chi connectivity index (χ0v) is 13.3. The van der Waals surface area contributed by atoms with E-state index in [2.05, 4.69) is 5.32 Å². The lowest BCUT2D eigenvalue weighted by molar-refractivity contribution is -0.123. The lowest BCUT2D eigenvalue weighted by atomic mass is 9.87. The first kappa shape index (κ1) is 16.9. The molecule has 0 bridgehead atoms. The van der Waals surface area contributed by atoms with Crippen LogP contribution in [-0.2, 0) is 21.1 Å². The molecule has 0 aromatic heterocycles. The summed E-state index contributed by atoms with van der Waals surface area (Å²) in [5.41, 5.74) is 7.57. The van der Waals surface area contributed by atoms with Crippen LogP contribution in [0.25, 0.3) is 0 Å². The van der Waals surface area contributed by atoms with Crippen molar-refractivity contribution in [3.63, 3.8) is 0 Å². The average molecular weight is 328 g/mol. The van der Waals surface area contributed by atoms with E-state index in [-0.39, 0.29) is 29.9 Å². The number of carbonyl (C=O) groups is 1. The summed E-state index contributed by atoms with van der Waals surface area (Å²) in [6.07, 6.45) is 3.62. The van der Waals surface area contributed by atoms with E-state index >= 15 is 0 Å². The molecule has 1 aliphatic rings. The first-order chi connectivity index (χ1) is 10.3. The maximum atomic E-state index is 13.3. The molecule has 0 aliphatic heterocycles. The van der Waals surface area contributed by atoms with Crippen LogP contribution in [-0.4, -0.2) is 32.4 Å². The first-order valence-electron chi connectivity index (χ1n) is 7.28. The Morgan fingerprint density at radius 1 is 1.50 bits per heavy atom. The van der Waals surface area contributed by atoms with Crippen LogP contribution in [0.2, 0.25) is 0 Å². The molecule has 5 nitrogen and oxygen atoms in total. The largest absolute Gasteiger partial charge is 0.348 e. The van der Waals surface area contributed by atoms with Crippen molar-refractivity contribution in [1.82, 2.24) is 5.32 Å². The lowest BCUT2D eigenvalue weighted by Gasteiger charge is -2.27. The van der Waals surface area contributed by atoms with Gasteiger partial charge in [-0.25, -0.2) is 12.8 Å². The second kappa shape index (κ2) is 6.75. The number of benzene rings is 1. The first-order valence-corrected chi connectivity index (χ1v) is 9.34. The molecule has 0 saturated heterocycles. The maximum Gasteiger partial charge on any atom is 0.237 e. The second-order valence-corrected chi connectivity index (χ2v) is 8.08. The number of hydrogen-bond acceptors (Lipinski definition) is 4. The van der Waals surface area contributed by atoms with Crippen molar-refractivity contribution in [2.24, 2.45) is 5.73 Å². The van der Waals surface area contributed by atoms with Crippen LogP contribution in [0.4, 0.5) is 4.39 Å². The van der Waals surface area contributed by atoms with Crippen LogP contribution < -0.4 is 11.1 Å². The number of hydrogen-bond donors (Lipinski definition) is 2. The van der Waals surface area contributed by atoms with Gasteiger partial charge in [0, 0.05) is 6.26 Å². The van der Waals surface area contributed by atoms with Crippen molar-refractivity contribution in [3.8, 4) is 0 Å². The SMILES string of the molecule is CS(=O)(=O)CCC(N)C(=O)NC1CCCc2cc(F)ccc21. The van der Waals surface area contributed by atoms with Crippen molar-refractivity contribution >= 4 is 15.7 Å². The van der Waals surface area contributed by atoms with Gasteiger partial charge in [-0.1, -0.05) is 6.07 Å². The van der Waals surface area contributed by atoms with Gasteiger partial charge in [-0.15, -0.1) is 0 Å². The Hall–Kier alpha value is -1.47. The molecule has 1 aliphatic carbocycles. The minimum absolute atomic E-state index is 0.0909. The van der Waals surface area contributed by atoms with Crippen molar-refractivity contribution in [2.75, 3.05) is 12.0 Å². The molecule has 1 aromatic carbocycles. The topological polar surface area (TPSA) is 89.3 Å². The van der Waals surface area contributed by atoms with E-state index in [0.717, 1.165) is 36.6 Å². The van der Waals surface area contributed by atoms with Crippen LogP contribution in [0.15, 0.2) is 18.2 Å². The maximum absolute atomic E-state index is 13.3. The number of nitrogens with one attached hydrogen (secondary N) is 1. The highest BCUT2D eigenvalue weighted by Gasteiger charge is 2.24. The summed E-state index contributed by atoms with van der Waals surface area (Å²) in [7, 11) is -3.14. The van der Waals surface area contributed by atoms with Crippen LogP contribution in [0.3, 0.4) is 0 Å². The Bertz CT molecular complexity index is 661. The average Bonchev–Trinajstić information content (AvgIpc) is 2.43. The minimum Gasteiger partial charge on any atom is -0.348 e. The Balaban J connectivity index is 2.01. The molecule has 122 valence electrons. The van der Waals surface area contributed by atoms with E-state index in [9.17, 15) is 17.6 Å². The summed E-state index contributed by atoms with van der Waals surface area (Å²) < 4.78 is 35.5. The van der Waals surface area contributed by atoms with Crippen LogP contribution in [0.5, 0.6) is 0 Å². The predicted molar refractivity (Wildman–Crippen MR) is 82.5 cm³/mol. The van der Waals surface area contributed by atoms with Gasteiger partial charge in [-0.3, -0.25) is 4.79 Å². The van der Waals surface area contributed by atoms with Gasteiger partial charge in [-0.2, -0.15) is 0 Å². The molecule has 0 heterocycles. The third-order valence-electron chi connectivity index (χ3n) is 3.87. The molecule has 2 atom stereocenters. The summed E-state index contributed by atoms with van der Waals surface area (Å²) in [5.74, 6) is -0.768. The third-order valence-corrected chi connectivity index (χ3v) is 4.85. The number of halogens is 1. The number of aryl methyl sites for hydroxylation is 1. The molecule has 0 spiro atoms. The molecule has 1 aromatic rings. The molecule has 0 fully saturated rings. The standard InChI is InChI=1S/C15H21FN2O3S/c1-22(20,21)8-7-13(17)15(19)18-14-4-2-3-10-9-11(16)5-6-12(10)14/h5-6,9,13-14H,2-4,7-8,17H2,1H3,(H,18,19). The van der Waals surface area contributed by atoms with Crippen molar-refractivity contribution in [2.45, 2.75) is 37.8 Å². The monoisotopic (exact) mass is 328 g/mol. The smallest absolute Gasteiger partial charge is 0.237 e. The highest BCUT2D eigenvalue weighted by Crippen LogP contribution is 2.30. The summed E-state index contributed by atoms with van der Waals surface area (Å²) in [5, 5.41) is 2.85. The van der Waals surface area contributed by atoms with Gasteiger partial charge in [0.1, 0.15) is 15.7 Å². The number of carbonyl (C=O) groups excluding carboxylic acids is 1. The van der Waals surface area contributed by atoms with Gasteiger partial charge in [-0.05, 0) is 48.9 Å². The predicted octanol–water partition coefficient (Wildman–Crippen LogP) is 1.08. The summed E-state index contributed by atoms with van der Waals surface area (Å²) in [4.78, 5) is 12.1. The van der Waals surface area contributed by atoms with Crippen molar-refractivity contribution in [3.05, 3.63) is 35.1 Å².